The monoisotopic (exact) mass is 409 g/mol. The first-order valence-corrected chi connectivity index (χ1v) is 10.1. The zero-order chi connectivity index (χ0) is 20.2. The van der Waals surface area contributed by atoms with E-state index in [0.717, 1.165) is 0 Å². The third-order valence-electron chi connectivity index (χ3n) is 4.74. The minimum Gasteiger partial charge on any atom is -0.459 e. The number of hydrogen-bond acceptors (Lipinski definition) is 5. The number of furan rings is 1. The Hall–Kier alpha value is -3.39. The highest BCUT2D eigenvalue weighted by atomic mass is 32.1. The molecule has 3 heterocycles. The van der Waals surface area contributed by atoms with E-state index in [9.17, 15) is 14.4 Å². The van der Waals surface area contributed by atoms with E-state index in [2.05, 4.69) is 5.32 Å². The van der Waals surface area contributed by atoms with Crippen LogP contribution in [0.15, 0.2) is 64.6 Å². The number of piperazine rings is 1. The highest BCUT2D eigenvalue weighted by Crippen LogP contribution is 2.20. The van der Waals surface area contributed by atoms with Crippen molar-refractivity contribution in [3.8, 4) is 0 Å². The smallest absolute Gasteiger partial charge is 0.291 e. The molecule has 1 aromatic carbocycles. The van der Waals surface area contributed by atoms with Crippen molar-refractivity contribution in [1.82, 2.24) is 9.80 Å². The average molecular weight is 409 g/mol. The molecule has 148 valence electrons. The summed E-state index contributed by atoms with van der Waals surface area (Å²) in [5.41, 5.74) is 0.835. The average Bonchev–Trinajstić information content (AvgIpc) is 3.47. The van der Waals surface area contributed by atoms with Crippen LogP contribution >= 0.6 is 11.3 Å². The fraction of sp³-hybridized carbons (Fsp3) is 0.190. The minimum atomic E-state index is -0.415. The van der Waals surface area contributed by atoms with Crippen LogP contribution in [0.1, 0.15) is 30.6 Å². The summed E-state index contributed by atoms with van der Waals surface area (Å²) in [6.07, 6.45) is 1.42. The molecule has 1 fully saturated rings. The van der Waals surface area contributed by atoms with Crippen LogP contribution in [0.25, 0.3) is 0 Å². The first-order valence-electron chi connectivity index (χ1n) is 9.19. The van der Waals surface area contributed by atoms with Crippen LogP contribution in [0.3, 0.4) is 0 Å². The quantitative estimate of drug-likeness (QED) is 0.717. The first kappa shape index (κ1) is 18.9. The van der Waals surface area contributed by atoms with E-state index in [1.807, 2.05) is 17.5 Å². The van der Waals surface area contributed by atoms with Crippen molar-refractivity contribution in [2.45, 2.75) is 0 Å². The molecule has 7 nitrogen and oxygen atoms in total. The molecule has 0 saturated carbocycles. The molecule has 0 atom stereocenters. The molecule has 1 saturated heterocycles. The van der Waals surface area contributed by atoms with Crippen molar-refractivity contribution in [1.29, 1.82) is 0 Å². The van der Waals surface area contributed by atoms with Crippen molar-refractivity contribution in [3.63, 3.8) is 0 Å². The number of anilines is 1. The molecule has 8 heteroatoms. The molecule has 1 aliphatic rings. The van der Waals surface area contributed by atoms with Gasteiger partial charge >= 0.3 is 0 Å². The van der Waals surface area contributed by atoms with E-state index >= 15 is 0 Å². The second kappa shape index (κ2) is 8.32. The van der Waals surface area contributed by atoms with Gasteiger partial charge in [0, 0.05) is 26.2 Å². The highest BCUT2D eigenvalue weighted by Gasteiger charge is 2.27. The number of rotatable bonds is 4. The fourth-order valence-corrected chi connectivity index (χ4v) is 3.90. The molecule has 1 aliphatic heterocycles. The molecule has 3 aromatic rings. The Labute approximate surface area is 171 Å². The van der Waals surface area contributed by atoms with Crippen LogP contribution in [0.4, 0.5) is 5.69 Å². The van der Waals surface area contributed by atoms with Gasteiger partial charge in [-0.05, 0) is 35.7 Å². The molecule has 2 aromatic heterocycles. The second-order valence-electron chi connectivity index (χ2n) is 6.54. The number of carbonyl (C=O) groups is 3. The zero-order valence-corrected chi connectivity index (χ0v) is 16.4. The predicted octanol–water partition coefficient (Wildman–Crippen LogP) is 3.19. The molecular weight excluding hydrogens is 390 g/mol. The highest BCUT2D eigenvalue weighted by molar-refractivity contribution is 7.12. The van der Waals surface area contributed by atoms with Crippen molar-refractivity contribution in [2.75, 3.05) is 31.5 Å². The number of benzene rings is 1. The predicted molar refractivity (Wildman–Crippen MR) is 109 cm³/mol. The Kier molecular flexibility index (Phi) is 5.44. The van der Waals surface area contributed by atoms with E-state index in [0.29, 0.717) is 42.3 Å². The lowest BCUT2D eigenvalue weighted by Crippen LogP contribution is -2.50. The van der Waals surface area contributed by atoms with Gasteiger partial charge in [0.25, 0.3) is 17.7 Å². The van der Waals surface area contributed by atoms with Crippen LogP contribution in [0, 0.1) is 0 Å². The second-order valence-corrected chi connectivity index (χ2v) is 7.49. The van der Waals surface area contributed by atoms with Crippen molar-refractivity contribution >= 4 is 34.7 Å². The summed E-state index contributed by atoms with van der Waals surface area (Å²) in [7, 11) is 0. The number of thiophene rings is 1. The summed E-state index contributed by atoms with van der Waals surface area (Å²) in [5.74, 6) is -0.420. The summed E-state index contributed by atoms with van der Waals surface area (Å²) in [6, 6.07) is 13.7. The van der Waals surface area contributed by atoms with Gasteiger partial charge in [-0.1, -0.05) is 18.2 Å². The summed E-state index contributed by atoms with van der Waals surface area (Å²) < 4.78 is 5.11. The summed E-state index contributed by atoms with van der Waals surface area (Å²) >= 11 is 1.42. The Balaban J connectivity index is 1.43. The SMILES string of the molecule is O=C(Nc1ccccc1C(=O)N1CCN(C(=O)c2cccs2)CC1)c1ccco1. The van der Waals surface area contributed by atoms with Crippen molar-refractivity contribution in [3.05, 3.63) is 76.4 Å². The fourth-order valence-electron chi connectivity index (χ4n) is 3.21. The Morgan fingerprint density at radius 1 is 0.862 bits per heavy atom. The summed E-state index contributed by atoms with van der Waals surface area (Å²) in [5, 5.41) is 4.61. The number of nitrogens with zero attached hydrogens (tertiary/aromatic N) is 2. The van der Waals surface area contributed by atoms with E-state index in [1.54, 1.807) is 46.2 Å². The van der Waals surface area contributed by atoms with Gasteiger partial charge in [0.15, 0.2) is 5.76 Å². The van der Waals surface area contributed by atoms with Crippen molar-refractivity contribution < 1.29 is 18.8 Å². The third-order valence-corrected chi connectivity index (χ3v) is 5.59. The molecule has 0 unspecified atom stereocenters. The normalized spacial score (nSPS) is 13.9. The van der Waals surface area contributed by atoms with E-state index in [-0.39, 0.29) is 17.6 Å². The Morgan fingerprint density at radius 2 is 1.59 bits per heavy atom. The summed E-state index contributed by atoms with van der Waals surface area (Å²) in [4.78, 5) is 42.0. The van der Waals surface area contributed by atoms with Crippen LogP contribution in [-0.4, -0.2) is 53.7 Å². The van der Waals surface area contributed by atoms with Gasteiger partial charge in [-0.2, -0.15) is 0 Å². The minimum absolute atomic E-state index is 0.00166. The first-order chi connectivity index (χ1) is 14.1. The third kappa shape index (κ3) is 4.07. The number of carbonyl (C=O) groups excluding carboxylic acids is 3. The molecule has 0 spiro atoms. The van der Waals surface area contributed by atoms with Gasteiger partial charge in [-0.25, -0.2) is 0 Å². The van der Waals surface area contributed by atoms with Crippen LogP contribution < -0.4 is 5.32 Å². The standard InChI is InChI=1S/C21H19N3O4S/c25-19(17-7-3-13-28-17)22-16-6-2-1-5-15(16)20(26)23-9-11-24(12-10-23)21(27)18-8-4-14-29-18/h1-8,13-14H,9-12H2,(H,22,25). The van der Waals surface area contributed by atoms with Gasteiger partial charge < -0.3 is 19.5 Å². The lowest BCUT2D eigenvalue weighted by atomic mass is 10.1. The molecule has 4 rings (SSSR count). The number of amides is 3. The lowest BCUT2D eigenvalue weighted by molar-refractivity contribution is 0.0538. The van der Waals surface area contributed by atoms with E-state index in [4.69, 9.17) is 4.42 Å². The zero-order valence-electron chi connectivity index (χ0n) is 15.5. The van der Waals surface area contributed by atoms with Gasteiger partial charge in [-0.15, -0.1) is 11.3 Å². The maximum atomic E-state index is 13.0. The molecular formula is C21H19N3O4S. The maximum absolute atomic E-state index is 13.0. The van der Waals surface area contributed by atoms with Crippen LogP contribution in [0.5, 0.6) is 0 Å². The Morgan fingerprint density at radius 3 is 2.24 bits per heavy atom. The van der Waals surface area contributed by atoms with Gasteiger partial charge in [0.2, 0.25) is 0 Å². The van der Waals surface area contributed by atoms with Gasteiger partial charge in [-0.3, -0.25) is 14.4 Å². The molecule has 0 aliphatic carbocycles. The van der Waals surface area contributed by atoms with Gasteiger partial charge in [0.05, 0.1) is 22.4 Å². The largest absolute Gasteiger partial charge is 0.459 e. The molecule has 3 amide bonds. The lowest BCUT2D eigenvalue weighted by Gasteiger charge is -2.34. The number of nitrogens with one attached hydrogen (secondary N) is 1. The van der Waals surface area contributed by atoms with Crippen LogP contribution in [0.2, 0.25) is 0 Å². The van der Waals surface area contributed by atoms with E-state index < -0.39 is 5.91 Å². The maximum Gasteiger partial charge on any atom is 0.291 e. The van der Waals surface area contributed by atoms with Crippen molar-refractivity contribution in [2.24, 2.45) is 0 Å². The van der Waals surface area contributed by atoms with E-state index in [1.165, 1.54) is 17.6 Å². The number of hydrogen-bond donors (Lipinski definition) is 1. The number of para-hydroxylation sites is 1. The molecule has 29 heavy (non-hydrogen) atoms. The van der Waals surface area contributed by atoms with Gasteiger partial charge in [0.1, 0.15) is 0 Å². The Bertz CT molecular complexity index is 1010. The summed E-state index contributed by atoms with van der Waals surface area (Å²) in [6.45, 7) is 1.83. The molecule has 0 bridgehead atoms. The van der Waals surface area contributed by atoms with Crippen LogP contribution in [-0.2, 0) is 0 Å². The molecule has 1 N–H and O–H groups in total. The molecule has 0 radical (unpaired) electrons. The topological polar surface area (TPSA) is 82.9 Å².